The molecule has 0 radical (unpaired) electrons. The van der Waals surface area contributed by atoms with Crippen molar-refractivity contribution in [2.24, 2.45) is 0 Å². The molecular weight excluding hydrogens is 331 g/mol. The number of hydrogen-bond acceptors (Lipinski definition) is 5. The van der Waals surface area contributed by atoms with Gasteiger partial charge in [0.05, 0.1) is 5.56 Å². The van der Waals surface area contributed by atoms with Gasteiger partial charge >= 0.3 is 6.18 Å². The Hall–Kier alpha value is -2.68. The minimum atomic E-state index is -4.58. The molecule has 0 spiro atoms. The van der Waals surface area contributed by atoms with Crippen LogP contribution < -0.4 is 5.32 Å². The molecule has 0 bridgehead atoms. The minimum absolute atomic E-state index is 0.239. The van der Waals surface area contributed by atoms with Crippen molar-refractivity contribution in [1.29, 1.82) is 0 Å². The molecule has 3 aromatic rings. The van der Waals surface area contributed by atoms with E-state index in [0.717, 1.165) is 12.5 Å². The first-order valence-corrected chi connectivity index (χ1v) is 7.15. The number of halogens is 3. The fraction of sp³-hybridized carbons (Fsp3) is 0.0714. The van der Waals surface area contributed by atoms with Crippen molar-refractivity contribution in [3.63, 3.8) is 0 Å². The first-order chi connectivity index (χ1) is 11.0. The van der Waals surface area contributed by atoms with Gasteiger partial charge < -0.3 is 4.42 Å². The third kappa shape index (κ3) is 3.09. The van der Waals surface area contributed by atoms with Gasteiger partial charge in [0, 0.05) is 17.1 Å². The van der Waals surface area contributed by atoms with E-state index >= 15 is 0 Å². The van der Waals surface area contributed by atoms with Gasteiger partial charge in [-0.05, 0) is 6.07 Å². The standard InChI is InChI=1S/C14H8F3N3O2S/c15-14(16,17)9-4-2-1-3-8(9)11-10(19-7-22-11)12(21)20-13-18-5-6-23-13/h1-7H,(H,18,20,21). The monoisotopic (exact) mass is 339 g/mol. The third-order valence-corrected chi connectivity index (χ3v) is 3.60. The second-order valence-corrected chi connectivity index (χ2v) is 5.26. The quantitative estimate of drug-likeness (QED) is 0.781. The largest absolute Gasteiger partial charge is 0.443 e. The van der Waals surface area contributed by atoms with E-state index in [1.807, 2.05) is 0 Å². The molecule has 0 fully saturated rings. The summed E-state index contributed by atoms with van der Waals surface area (Å²) >= 11 is 1.18. The van der Waals surface area contributed by atoms with E-state index in [-0.39, 0.29) is 17.0 Å². The highest BCUT2D eigenvalue weighted by molar-refractivity contribution is 7.13. The number of carbonyl (C=O) groups excluding carboxylic acids is 1. The number of nitrogens with zero attached hydrogens (tertiary/aromatic N) is 2. The highest BCUT2D eigenvalue weighted by Crippen LogP contribution is 2.38. The van der Waals surface area contributed by atoms with E-state index in [4.69, 9.17) is 4.42 Å². The van der Waals surface area contributed by atoms with E-state index < -0.39 is 17.6 Å². The number of thiazole rings is 1. The molecule has 0 aliphatic carbocycles. The number of nitrogens with one attached hydrogen (secondary N) is 1. The smallest absolute Gasteiger partial charge is 0.417 e. The fourth-order valence-electron chi connectivity index (χ4n) is 1.97. The van der Waals surface area contributed by atoms with Gasteiger partial charge in [0.15, 0.2) is 23.0 Å². The number of amides is 1. The molecule has 2 aromatic heterocycles. The van der Waals surface area contributed by atoms with Gasteiger partial charge in [-0.3, -0.25) is 10.1 Å². The minimum Gasteiger partial charge on any atom is -0.443 e. The van der Waals surface area contributed by atoms with Crippen molar-refractivity contribution in [3.8, 4) is 11.3 Å². The maximum atomic E-state index is 13.1. The van der Waals surface area contributed by atoms with Crippen molar-refractivity contribution in [2.75, 3.05) is 5.32 Å². The Morgan fingerprint density at radius 3 is 2.70 bits per heavy atom. The van der Waals surface area contributed by atoms with Crippen molar-refractivity contribution < 1.29 is 22.4 Å². The average Bonchev–Trinajstić information content (AvgIpc) is 3.17. The summed E-state index contributed by atoms with van der Waals surface area (Å²) in [6, 6.07) is 4.83. The molecule has 118 valence electrons. The first kappa shape index (κ1) is 15.2. The Morgan fingerprint density at radius 2 is 2.00 bits per heavy atom. The van der Waals surface area contributed by atoms with E-state index in [0.29, 0.717) is 5.13 Å². The Morgan fingerprint density at radius 1 is 1.22 bits per heavy atom. The Bertz CT molecular complexity index is 828. The van der Waals surface area contributed by atoms with Gasteiger partial charge in [-0.2, -0.15) is 13.2 Å². The van der Waals surface area contributed by atoms with E-state index in [1.165, 1.54) is 35.7 Å². The van der Waals surface area contributed by atoms with Crippen molar-refractivity contribution in [3.05, 3.63) is 53.5 Å². The van der Waals surface area contributed by atoms with Crippen LogP contribution in [-0.4, -0.2) is 15.9 Å². The van der Waals surface area contributed by atoms with Crippen LogP contribution in [0.25, 0.3) is 11.3 Å². The van der Waals surface area contributed by atoms with Crippen LogP contribution in [0.5, 0.6) is 0 Å². The van der Waals surface area contributed by atoms with Gasteiger partial charge in [0.25, 0.3) is 5.91 Å². The Balaban J connectivity index is 2.01. The van der Waals surface area contributed by atoms with E-state index in [2.05, 4.69) is 15.3 Å². The van der Waals surface area contributed by atoms with Crippen molar-refractivity contribution in [1.82, 2.24) is 9.97 Å². The van der Waals surface area contributed by atoms with Gasteiger partial charge in [-0.25, -0.2) is 9.97 Å². The zero-order valence-corrected chi connectivity index (χ0v) is 12.1. The lowest BCUT2D eigenvalue weighted by Crippen LogP contribution is -2.14. The molecule has 0 aliphatic rings. The summed E-state index contributed by atoms with van der Waals surface area (Å²) in [4.78, 5) is 19.8. The fourth-order valence-corrected chi connectivity index (χ4v) is 2.49. The molecular formula is C14H8F3N3O2S. The van der Waals surface area contributed by atoms with Crippen LogP contribution in [0.15, 0.2) is 46.7 Å². The molecule has 2 heterocycles. The second-order valence-electron chi connectivity index (χ2n) is 4.36. The molecule has 0 unspecified atom stereocenters. The SMILES string of the molecule is O=C(Nc1nccs1)c1ncoc1-c1ccccc1C(F)(F)F. The second kappa shape index (κ2) is 5.84. The third-order valence-electron chi connectivity index (χ3n) is 2.91. The van der Waals surface area contributed by atoms with Crippen LogP contribution in [0.2, 0.25) is 0 Å². The molecule has 3 rings (SSSR count). The van der Waals surface area contributed by atoms with Crippen LogP contribution in [-0.2, 0) is 6.18 Å². The topological polar surface area (TPSA) is 68.0 Å². The summed E-state index contributed by atoms with van der Waals surface area (Å²) in [5.41, 5.74) is -1.39. The number of alkyl halides is 3. The summed E-state index contributed by atoms with van der Waals surface area (Å²) < 4.78 is 44.4. The van der Waals surface area contributed by atoms with Gasteiger partial charge in [-0.15, -0.1) is 11.3 Å². The number of aromatic nitrogens is 2. The number of benzene rings is 1. The van der Waals surface area contributed by atoms with Crippen molar-refractivity contribution in [2.45, 2.75) is 6.18 Å². The summed E-state index contributed by atoms with van der Waals surface area (Å²) in [6.45, 7) is 0. The van der Waals surface area contributed by atoms with Crippen LogP contribution in [0.1, 0.15) is 16.1 Å². The van der Waals surface area contributed by atoms with Gasteiger partial charge in [0.1, 0.15) is 0 Å². The summed E-state index contributed by atoms with van der Waals surface area (Å²) in [5.74, 6) is -0.937. The number of anilines is 1. The molecule has 1 aromatic carbocycles. The van der Waals surface area contributed by atoms with Gasteiger partial charge in [-0.1, -0.05) is 18.2 Å². The molecule has 1 amide bonds. The lowest BCUT2D eigenvalue weighted by Gasteiger charge is -2.11. The highest BCUT2D eigenvalue weighted by Gasteiger charge is 2.35. The maximum Gasteiger partial charge on any atom is 0.417 e. The maximum absolute atomic E-state index is 13.1. The predicted octanol–water partition coefficient (Wildman–Crippen LogP) is 4.07. The summed E-state index contributed by atoms with van der Waals surface area (Å²) in [6.07, 6.45) is -2.16. The molecule has 23 heavy (non-hydrogen) atoms. The lowest BCUT2D eigenvalue weighted by molar-refractivity contribution is -0.137. The van der Waals surface area contributed by atoms with E-state index in [1.54, 1.807) is 5.38 Å². The number of carbonyl (C=O) groups is 1. The van der Waals surface area contributed by atoms with Gasteiger partial charge in [0.2, 0.25) is 0 Å². The average molecular weight is 339 g/mol. The predicted molar refractivity (Wildman–Crippen MR) is 77.0 cm³/mol. The van der Waals surface area contributed by atoms with Crippen LogP contribution in [0, 0.1) is 0 Å². The highest BCUT2D eigenvalue weighted by atomic mass is 32.1. The van der Waals surface area contributed by atoms with Crippen LogP contribution >= 0.6 is 11.3 Å². The van der Waals surface area contributed by atoms with Crippen molar-refractivity contribution >= 4 is 22.4 Å². The zero-order chi connectivity index (χ0) is 16.4. The number of oxazole rings is 1. The summed E-state index contributed by atoms with van der Waals surface area (Å²) in [5, 5.41) is 4.42. The lowest BCUT2D eigenvalue weighted by atomic mass is 10.0. The molecule has 9 heteroatoms. The molecule has 0 aliphatic heterocycles. The number of rotatable bonds is 3. The van der Waals surface area contributed by atoms with E-state index in [9.17, 15) is 18.0 Å². The normalized spacial score (nSPS) is 11.4. The number of hydrogen-bond donors (Lipinski definition) is 1. The zero-order valence-electron chi connectivity index (χ0n) is 11.3. The van der Waals surface area contributed by atoms with Crippen LogP contribution in [0.3, 0.4) is 0 Å². The molecule has 5 nitrogen and oxygen atoms in total. The Labute approximate surface area is 131 Å². The Kier molecular flexibility index (Phi) is 3.87. The molecule has 0 atom stereocenters. The first-order valence-electron chi connectivity index (χ1n) is 6.28. The van der Waals surface area contributed by atoms with Crippen LogP contribution in [0.4, 0.5) is 18.3 Å². The molecule has 0 saturated carbocycles. The molecule has 0 saturated heterocycles. The molecule has 1 N–H and O–H groups in total. The summed E-state index contributed by atoms with van der Waals surface area (Å²) in [7, 11) is 0.